The largest absolute Gasteiger partial charge is 0.383 e. The molecule has 0 aromatic carbocycles. The predicted molar refractivity (Wildman–Crippen MR) is 94.0 cm³/mol. The second-order valence-corrected chi connectivity index (χ2v) is 5.89. The average Bonchev–Trinajstić information content (AvgIpc) is 2.50. The van der Waals surface area contributed by atoms with Crippen LogP contribution in [0.5, 0.6) is 0 Å². The lowest BCUT2D eigenvalue weighted by Crippen LogP contribution is -2.54. The van der Waals surface area contributed by atoms with Gasteiger partial charge in [0, 0.05) is 58.6 Å². The summed E-state index contributed by atoms with van der Waals surface area (Å²) < 4.78 is 5.10. The smallest absolute Gasteiger partial charge is 0.128 e. The van der Waals surface area contributed by atoms with E-state index in [0.29, 0.717) is 12.1 Å². The van der Waals surface area contributed by atoms with Crippen molar-refractivity contribution in [2.45, 2.75) is 32.5 Å². The third-order valence-corrected chi connectivity index (χ3v) is 4.38. The number of hydrogen-bond acceptors (Lipinski definition) is 5. The van der Waals surface area contributed by atoms with Crippen LogP contribution >= 0.6 is 12.4 Å². The summed E-state index contributed by atoms with van der Waals surface area (Å²) in [6, 6.07) is 5.39. The Morgan fingerprint density at radius 2 is 2.18 bits per heavy atom. The molecule has 1 aliphatic heterocycles. The number of likely N-dealkylation sites (N-methyl/N-ethyl adjacent to an activating group) is 1. The fourth-order valence-electron chi connectivity index (χ4n) is 2.66. The van der Waals surface area contributed by atoms with E-state index in [0.717, 1.165) is 38.6 Å². The van der Waals surface area contributed by atoms with Crippen LogP contribution in [0.15, 0.2) is 18.3 Å². The number of piperazine rings is 1. The number of ether oxygens (including phenoxy) is 1. The first kappa shape index (κ1) is 19.2. The zero-order chi connectivity index (χ0) is 15.2. The topological polar surface area (TPSA) is 40.6 Å². The fourth-order valence-corrected chi connectivity index (χ4v) is 2.66. The molecule has 22 heavy (non-hydrogen) atoms. The third kappa shape index (κ3) is 5.09. The van der Waals surface area contributed by atoms with Gasteiger partial charge in [-0.2, -0.15) is 0 Å². The average molecular weight is 329 g/mol. The van der Waals surface area contributed by atoms with E-state index in [1.807, 2.05) is 13.2 Å². The minimum Gasteiger partial charge on any atom is -0.383 e. The highest BCUT2D eigenvalue weighted by atomic mass is 35.5. The number of nitrogens with zero attached hydrogens (tertiary/aromatic N) is 3. The second kappa shape index (κ2) is 9.30. The van der Waals surface area contributed by atoms with Gasteiger partial charge in [-0.05, 0) is 25.5 Å². The number of hydrogen-bond donors (Lipinski definition) is 1. The van der Waals surface area contributed by atoms with Crippen LogP contribution in [-0.4, -0.2) is 62.4 Å². The molecule has 6 heteroatoms. The van der Waals surface area contributed by atoms with E-state index in [-0.39, 0.29) is 12.4 Å². The summed E-state index contributed by atoms with van der Waals surface area (Å²) in [6.45, 7) is 9.26. The van der Waals surface area contributed by atoms with Gasteiger partial charge < -0.3 is 15.0 Å². The van der Waals surface area contributed by atoms with E-state index in [4.69, 9.17) is 4.74 Å². The van der Waals surface area contributed by atoms with Gasteiger partial charge >= 0.3 is 0 Å². The maximum absolute atomic E-state index is 5.10. The molecule has 0 saturated carbocycles. The molecule has 1 aromatic heterocycles. The Balaban J connectivity index is 0.00000242. The monoisotopic (exact) mass is 328 g/mol. The lowest BCUT2D eigenvalue weighted by Gasteiger charge is -2.38. The Morgan fingerprint density at radius 3 is 2.82 bits per heavy atom. The lowest BCUT2D eigenvalue weighted by atomic mass is 10.1. The van der Waals surface area contributed by atoms with Gasteiger partial charge in [-0.1, -0.05) is 6.07 Å². The first-order valence-electron chi connectivity index (χ1n) is 7.74. The first-order chi connectivity index (χ1) is 10.1. The van der Waals surface area contributed by atoms with Crippen LogP contribution < -0.4 is 10.2 Å². The Morgan fingerprint density at radius 1 is 1.41 bits per heavy atom. The fraction of sp³-hybridized carbons (Fsp3) is 0.688. The van der Waals surface area contributed by atoms with Crippen LogP contribution in [0.4, 0.5) is 5.82 Å². The Bertz CT molecular complexity index is 429. The lowest BCUT2D eigenvalue weighted by molar-refractivity contribution is 0.130. The molecule has 0 aliphatic carbocycles. The maximum Gasteiger partial charge on any atom is 0.128 e. The van der Waals surface area contributed by atoms with Crippen molar-refractivity contribution in [2.75, 3.05) is 45.3 Å². The Kier molecular flexibility index (Phi) is 8.10. The number of nitrogens with one attached hydrogen (secondary N) is 1. The molecule has 126 valence electrons. The van der Waals surface area contributed by atoms with Gasteiger partial charge in [0.05, 0.1) is 6.61 Å². The highest BCUT2D eigenvalue weighted by molar-refractivity contribution is 5.85. The molecule has 2 atom stereocenters. The van der Waals surface area contributed by atoms with Crippen molar-refractivity contribution in [1.29, 1.82) is 0 Å². The van der Waals surface area contributed by atoms with Crippen molar-refractivity contribution < 1.29 is 4.74 Å². The van der Waals surface area contributed by atoms with Crippen molar-refractivity contribution in [2.24, 2.45) is 0 Å². The van der Waals surface area contributed by atoms with Gasteiger partial charge in [0.15, 0.2) is 0 Å². The number of methoxy groups -OCH3 is 1. The molecular weight excluding hydrogens is 300 g/mol. The van der Waals surface area contributed by atoms with E-state index in [1.54, 1.807) is 7.11 Å². The maximum atomic E-state index is 5.10. The molecule has 0 spiro atoms. The summed E-state index contributed by atoms with van der Waals surface area (Å²) in [5, 5.41) is 3.52. The number of pyridine rings is 1. The molecule has 2 heterocycles. The highest BCUT2D eigenvalue weighted by Crippen LogP contribution is 2.15. The normalized spacial score (nSPS) is 22.2. The van der Waals surface area contributed by atoms with Crippen LogP contribution in [0.25, 0.3) is 0 Å². The SMILES string of the molecule is COCCN(C)c1ccc(CN2CCNC(C)C2C)cn1.Cl. The van der Waals surface area contributed by atoms with Crippen LogP contribution in [0.2, 0.25) is 0 Å². The van der Waals surface area contributed by atoms with Crippen molar-refractivity contribution >= 4 is 18.2 Å². The molecule has 1 aliphatic rings. The minimum absolute atomic E-state index is 0. The zero-order valence-electron chi connectivity index (χ0n) is 14.1. The van der Waals surface area contributed by atoms with Gasteiger partial charge in [-0.15, -0.1) is 12.4 Å². The third-order valence-electron chi connectivity index (χ3n) is 4.38. The number of halogens is 1. The molecule has 0 amide bonds. The standard InChI is InChI=1S/C16H28N4O.ClH/c1-13-14(2)20(8-7-17-13)12-15-5-6-16(18-11-15)19(3)9-10-21-4;/h5-6,11,13-14,17H,7-10,12H2,1-4H3;1H. The van der Waals surface area contributed by atoms with Gasteiger partial charge in [0.25, 0.3) is 0 Å². The Hall–Kier alpha value is -0.880. The number of anilines is 1. The molecule has 0 radical (unpaired) electrons. The number of rotatable bonds is 6. The van der Waals surface area contributed by atoms with Gasteiger partial charge in [0.1, 0.15) is 5.82 Å². The van der Waals surface area contributed by atoms with E-state index in [1.165, 1.54) is 5.56 Å². The highest BCUT2D eigenvalue weighted by Gasteiger charge is 2.23. The summed E-state index contributed by atoms with van der Waals surface area (Å²) in [5.41, 5.74) is 1.28. The van der Waals surface area contributed by atoms with E-state index in [9.17, 15) is 0 Å². The molecule has 1 saturated heterocycles. The first-order valence-corrected chi connectivity index (χ1v) is 7.74. The molecule has 1 N–H and O–H groups in total. The van der Waals surface area contributed by atoms with E-state index in [2.05, 4.69) is 46.1 Å². The minimum atomic E-state index is 0. The van der Waals surface area contributed by atoms with Crippen LogP contribution in [0, 0.1) is 0 Å². The molecular formula is C16H29ClN4O. The van der Waals surface area contributed by atoms with Gasteiger partial charge in [0.2, 0.25) is 0 Å². The summed E-state index contributed by atoms with van der Waals surface area (Å²) in [4.78, 5) is 9.20. The summed E-state index contributed by atoms with van der Waals surface area (Å²) >= 11 is 0. The van der Waals surface area contributed by atoms with Crippen molar-refractivity contribution in [3.05, 3.63) is 23.9 Å². The molecule has 1 fully saturated rings. The van der Waals surface area contributed by atoms with Crippen molar-refractivity contribution in [3.8, 4) is 0 Å². The Labute approximate surface area is 140 Å². The van der Waals surface area contributed by atoms with Gasteiger partial charge in [-0.3, -0.25) is 4.90 Å². The summed E-state index contributed by atoms with van der Waals surface area (Å²) in [5.74, 6) is 0.998. The van der Waals surface area contributed by atoms with Gasteiger partial charge in [-0.25, -0.2) is 4.98 Å². The van der Waals surface area contributed by atoms with E-state index < -0.39 is 0 Å². The summed E-state index contributed by atoms with van der Waals surface area (Å²) in [6.07, 6.45) is 2.00. The quantitative estimate of drug-likeness (QED) is 0.862. The predicted octanol–water partition coefficient (Wildman–Crippen LogP) is 1.77. The van der Waals surface area contributed by atoms with Crippen molar-refractivity contribution in [3.63, 3.8) is 0 Å². The van der Waals surface area contributed by atoms with Crippen LogP contribution in [-0.2, 0) is 11.3 Å². The summed E-state index contributed by atoms with van der Waals surface area (Å²) in [7, 11) is 3.76. The molecule has 0 bridgehead atoms. The van der Waals surface area contributed by atoms with Crippen LogP contribution in [0.1, 0.15) is 19.4 Å². The molecule has 1 aromatic rings. The molecule has 2 unspecified atom stereocenters. The molecule has 5 nitrogen and oxygen atoms in total. The molecule has 2 rings (SSSR count). The second-order valence-electron chi connectivity index (χ2n) is 5.89. The zero-order valence-corrected chi connectivity index (χ0v) is 14.9. The van der Waals surface area contributed by atoms with Crippen LogP contribution in [0.3, 0.4) is 0 Å². The number of aromatic nitrogens is 1. The van der Waals surface area contributed by atoms with E-state index >= 15 is 0 Å². The van der Waals surface area contributed by atoms with Crippen molar-refractivity contribution in [1.82, 2.24) is 15.2 Å².